The molecule has 1 unspecified atom stereocenters. The zero-order valence-electron chi connectivity index (χ0n) is 12.6. The van der Waals surface area contributed by atoms with E-state index in [0.717, 1.165) is 42.2 Å². The summed E-state index contributed by atoms with van der Waals surface area (Å²) in [7, 11) is 1.34. The van der Waals surface area contributed by atoms with E-state index in [9.17, 15) is 4.79 Å². The van der Waals surface area contributed by atoms with E-state index < -0.39 is 5.97 Å². The number of ether oxygens (including phenoxy) is 2. The normalized spacial score (nSPS) is 18.6. The molecule has 0 radical (unpaired) electrons. The van der Waals surface area contributed by atoms with E-state index in [4.69, 9.17) is 15.2 Å². The molecule has 8 heteroatoms. The van der Waals surface area contributed by atoms with Crippen molar-refractivity contribution in [3.05, 3.63) is 17.3 Å². The molecule has 0 amide bonds. The van der Waals surface area contributed by atoms with Gasteiger partial charge in [-0.15, -0.1) is 11.3 Å². The molecule has 0 bridgehead atoms. The largest absolute Gasteiger partial charge is 0.465 e. The van der Waals surface area contributed by atoms with Crippen LogP contribution >= 0.6 is 11.3 Å². The van der Waals surface area contributed by atoms with Crippen LogP contribution in [0.5, 0.6) is 0 Å². The zero-order chi connectivity index (χ0) is 16.0. The topological polar surface area (TPSA) is 92.3 Å². The number of nitrogens with zero attached hydrogens (tertiary/aromatic N) is 3. The third-order valence-corrected chi connectivity index (χ3v) is 5.23. The van der Waals surface area contributed by atoms with Gasteiger partial charge in [0.05, 0.1) is 30.7 Å². The highest BCUT2D eigenvalue weighted by Crippen LogP contribution is 2.38. The van der Waals surface area contributed by atoms with Crippen LogP contribution in [0.15, 0.2) is 12.4 Å². The van der Waals surface area contributed by atoms with E-state index in [0.29, 0.717) is 15.4 Å². The highest BCUT2D eigenvalue weighted by atomic mass is 32.1. The molecule has 2 N–H and O–H groups in total. The molecule has 0 saturated carbocycles. The number of rotatable bonds is 2. The van der Waals surface area contributed by atoms with Gasteiger partial charge in [0, 0.05) is 17.4 Å². The SMILES string of the molecule is COC(=O)c1sc2ncc3c(cnn3C3CCCCO3)c2c1N. The first kappa shape index (κ1) is 14.4. The quantitative estimate of drug-likeness (QED) is 0.725. The first-order valence-electron chi connectivity index (χ1n) is 7.45. The van der Waals surface area contributed by atoms with Gasteiger partial charge in [0.1, 0.15) is 9.71 Å². The van der Waals surface area contributed by atoms with E-state index in [1.54, 1.807) is 12.4 Å². The van der Waals surface area contributed by atoms with Crippen molar-refractivity contribution in [1.29, 1.82) is 0 Å². The summed E-state index contributed by atoms with van der Waals surface area (Å²) in [6, 6.07) is 0. The molecule has 0 spiro atoms. The van der Waals surface area contributed by atoms with Gasteiger partial charge in [0.15, 0.2) is 6.23 Å². The van der Waals surface area contributed by atoms with E-state index in [1.807, 2.05) is 4.68 Å². The lowest BCUT2D eigenvalue weighted by Gasteiger charge is -2.23. The van der Waals surface area contributed by atoms with Crippen molar-refractivity contribution in [3.63, 3.8) is 0 Å². The smallest absolute Gasteiger partial charge is 0.350 e. The Bertz CT molecular complexity index is 895. The van der Waals surface area contributed by atoms with Crippen molar-refractivity contribution in [2.75, 3.05) is 19.5 Å². The minimum atomic E-state index is -0.443. The Hall–Kier alpha value is -2.19. The first-order valence-corrected chi connectivity index (χ1v) is 8.26. The molecule has 1 aliphatic heterocycles. The molecule has 1 saturated heterocycles. The number of fused-ring (bicyclic) bond motifs is 3. The molecular formula is C15H16N4O3S. The van der Waals surface area contributed by atoms with Gasteiger partial charge in [-0.1, -0.05) is 0 Å². The fourth-order valence-electron chi connectivity index (χ4n) is 2.99. The molecule has 23 heavy (non-hydrogen) atoms. The number of pyridine rings is 1. The van der Waals surface area contributed by atoms with Gasteiger partial charge in [-0.25, -0.2) is 14.5 Å². The van der Waals surface area contributed by atoms with Gasteiger partial charge in [0.25, 0.3) is 0 Å². The number of esters is 1. The van der Waals surface area contributed by atoms with E-state index in [1.165, 1.54) is 18.4 Å². The van der Waals surface area contributed by atoms with E-state index in [-0.39, 0.29) is 6.23 Å². The Kier molecular flexibility index (Phi) is 3.42. The first-order chi connectivity index (χ1) is 11.2. The highest BCUT2D eigenvalue weighted by molar-refractivity contribution is 7.21. The van der Waals surface area contributed by atoms with Gasteiger partial charge < -0.3 is 15.2 Å². The van der Waals surface area contributed by atoms with Crippen LogP contribution in [0.2, 0.25) is 0 Å². The Morgan fingerprint density at radius 1 is 1.48 bits per heavy atom. The monoisotopic (exact) mass is 332 g/mol. The Balaban J connectivity index is 1.90. The zero-order valence-corrected chi connectivity index (χ0v) is 13.4. The second-order valence-corrected chi connectivity index (χ2v) is 6.48. The second kappa shape index (κ2) is 5.47. The van der Waals surface area contributed by atoms with Crippen molar-refractivity contribution in [3.8, 4) is 0 Å². The fraction of sp³-hybridized carbons (Fsp3) is 0.400. The van der Waals surface area contributed by atoms with Gasteiger partial charge >= 0.3 is 5.97 Å². The molecule has 3 aromatic heterocycles. The lowest BCUT2D eigenvalue weighted by Crippen LogP contribution is -2.18. The number of carbonyl (C=O) groups is 1. The number of nitrogen functional groups attached to an aromatic ring is 1. The van der Waals surface area contributed by atoms with Crippen LogP contribution in [-0.4, -0.2) is 34.5 Å². The number of carbonyl (C=O) groups excluding carboxylic acids is 1. The lowest BCUT2D eigenvalue weighted by atomic mass is 10.1. The summed E-state index contributed by atoms with van der Waals surface area (Å²) >= 11 is 1.24. The van der Waals surface area contributed by atoms with Crippen LogP contribution in [0.4, 0.5) is 5.69 Å². The van der Waals surface area contributed by atoms with Crippen LogP contribution in [0.1, 0.15) is 35.2 Å². The van der Waals surface area contributed by atoms with Crippen molar-refractivity contribution >= 4 is 44.1 Å². The molecule has 1 fully saturated rings. The molecular weight excluding hydrogens is 316 g/mol. The highest BCUT2D eigenvalue weighted by Gasteiger charge is 2.23. The van der Waals surface area contributed by atoms with Crippen molar-refractivity contribution in [2.45, 2.75) is 25.5 Å². The summed E-state index contributed by atoms with van der Waals surface area (Å²) in [6.45, 7) is 0.745. The Morgan fingerprint density at radius 2 is 2.35 bits per heavy atom. The van der Waals surface area contributed by atoms with Crippen molar-refractivity contribution in [2.24, 2.45) is 0 Å². The summed E-state index contributed by atoms with van der Waals surface area (Å²) in [5, 5.41) is 6.11. The predicted molar refractivity (Wildman–Crippen MR) is 87.5 cm³/mol. The third kappa shape index (κ3) is 2.17. The minimum absolute atomic E-state index is 0.0690. The molecule has 1 atom stereocenters. The average molecular weight is 332 g/mol. The summed E-state index contributed by atoms with van der Waals surface area (Å²) in [5.74, 6) is -0.443. The number of anilines is 1. The molecule has 0 aliphatic carbocycles. The number of methoxy groups -OCH3 is 1. The van der Waals surface area contributed by atoms with Crippen LogP contribution in [0.3, 0.4) is 0 Å². The number of hydrogen-bond donors (Lipinski definition) is 1. The molecule has 4 heterocycles. The molecule has 4 rings (SSSR count). The van der Waals surface area contributed by atoms with E-state index in [2.05, 4.69) is 10.1 Å². The summed E-state index contributed by atoms with van der Waals surface area (Å²) < 4.78 is 12.4. The van der Waals surface area contributed by atoms with Crippen LogP contribution in [0.25, 0.3) is 21.1 Å². The standard InChI is InChI=1S/C15H16N4O3S/c1-21-15(20)13-12(16)11-8-6-18-19(10-4-2-3-5-22-10)9(8)7-17-14(11)23-13/h6-7,10H,2-5,16H2,1H3. The maximum Gasteiger partial charge on any atom is 0.350 e. The van der Waals surface area contributed by atoms with Crippen LogP contribution < -0.4 is 5.73 Å². The number of nitrogens with two attached hydrogens (primary N) is 1. The Labute approximate surface area is 136 Å². The average Bonchev–Trinajstić information content (AvgIpc) is 3.16. The predicted octanol–water partition coefficient (Wildman–Crippen LogP) is 2.71. The molecule has 120 valence electrons. The second-order valence-electron chi connectivity index (χ2n) is 5.48. The molecule has 0 aromatic carbocycles. The number of thiophene rings is 1. The van der Waals surface area contributed by atoms with Crippen LogP contribution in [-0.2, 0) is 9.47 Å². The Morgan fingerprint density at radius 3 is 3.09 bits per heavy atom. The molecule has 1 aliphatic rings. The minimum Gasteiger partial charge on any atom is -0.465 e. The third-order valence-electron chi connectivity index (χ3n) is 4.13. The van der Waals surface area contributed by atoms with Crippen molar-refractivity contribution in [1.82, 2.24) is 14.8 Å². The van der Waals surface area contributed by atoms with Gasteiger partial charge in [-0.3, -0.25) is 0 Å². The number of hydrogen-bond acceptors (Lipinski definition) is 7. The summed E-state index contributed by atoms with van der Waals surface area (Å²) in [5.41, 5.74) is 7.44. The van der Waals surface area contributed by atoms with Crippen LogP contribution in [0, 0.1) is 0 Å². The van der Waals surface area contributed by atoms with Gasteiger partial charge in [-0.2, -0.15) is 5.10 Å². The maximum absolute atomic E-state index is 11.8. The molecule has 7 nitrogen and oxygen atoms in total. The van der Waals surface area contributed by atoms with E-state index >= 15 is 0 Å². The fourth-order valence-corrected chi connectivity index (χ4v) is 3.99. The van der Waals surface area contributed by atoms with Crippen molar-refractivity contribution < 1.29 is 14.3 Å². The van der Waals surface area contributed by atoms with Gasteiger partial charge in [-0.05, 0) is 19.3 Å². The maximum atomic E-state index is 11.8. The molecule has 3 aromatic rings. The number of aromatic nitrogens is 3. The summed E-state index contributed by atoms with van der Waals surface area (Å²) in [4.78, 5) is 17.4. The van der Waals surface area contributed by atoms with Gasteiger partial charge in [0.2, 0.25) is 0 Å². The lowest BCUT2D eigenvalue weighted by molar-refractivity contribution is -0.0367. The summed E-state index contributed by atoms with van der Waals surface area (Å²) in [6.07, 6.45) is 6.59.